The van der Waals surface area contributed by atoms with Crippen LogP contribution in [0.5, 0.6) is 0 Å². The third kappa shape index (κ3) is 13.1. The van der Waals surface area contributed by atoms with Crippen molar-refractivity contribution in [2.45, 2.75) is 117 Å². The maximum Gasteiger partial charge on any atom is 0.235 e. The number of nitrogens with two attached hydrogens (primary N) is 1. The van der Waals surface area contributed by atoms with Crippen molar-refractivity contribution in [3.05, 3.63) is 0 Å². The van der Waals surface area contributed by atoms with E-state index >= 15 is 0 Å². The second kappa shape index (κ2) is 11.6. The highest BCUT2D eigenvalue weighted by atomic mass is 32.2. The summed E-state index contributed by atoms with van der Waals surface area (Å²) in [5.41, 5.74) is -1.57. The van der Waals surface area contributed by atoms with Crippen molar-refractivity contribution >= 4 is 10.0 Å². The van der Waals surface area contributed by atoms with Crippen LogP contribution in [0.1, 0.15) is 105 Å². The number of aliphatic hydroxyl groups excluding tert-OH is 2. The lowest BCUT2D eigenvalue weighted by molar-refractivity contribution is 0.0973. The molecular formula is C20H43NO4S. The molecule has 0 fully saturated rings. The fourth-order valence-corrected chi connectivity index (χ4v) is 4.23. The lowest BCUT2D eigenvalue weighted by Gasteiger charge is -2.28. The maximum absolute atomic E-state index is 11.2. The fourth-order valence-electron chi connectivity index (χ4n) is 3.55. The minimum Gasteiger partial charge on any atom is -0.393 e. The molecule has 0 radical (unpaired) electrons. The van der Waals surface area contributed by atoms with E-state index in [1.807, 2.05) is 13.8 Å². The van der Waals surface area contributed by atoms with Crippen LogP contribution in [0.25, 0.3) is 0 Å². The lowest BCUT2D eigenvalue weighted by atomic mass is 9.80. The van der Waals surface area contributed by atoms with E-state index in [0.29, 0.717) is 0 Å². The van der Waals surface area contributed by atoms with Crippen LogP contribution < -0.4 is 5.14 Å². The molecule has 0 aliphatic carbocycles. The largest absolute Gasteiger partial charge is 0.393 e. The molecule has 0 aliphatic rings. The van der Waals surface area contributed by atoms with E-state index in [0.717, 1.165) is 38.5 Å². The Morgan fingerprint density at radius 1 is 0.846 bits per heavy atom. The minimum atomic E-state index is -3.89. The molecule has 158 valence electrons. The van der Waals surface area contributed by atoms with E-state index in [1.54, 1.807) is 0 Å². The van der Waals surface area contributed by atoms with Crippen LogP contribution in [-0.4, -0.2) is 30.2 Å². The number of rotatable bonds is 15. The molecule has 6 heteroatoms. The van der Waals surface area contributed by atoms with Gasteiger partial charge in [0.15, 0.2) is 5.44 Å². The summed E-state index contributed by atoms with van der Waals surface area (Å²) in [4.78, 5) is 0. The second-order valence-electron chi connectivity index (χ2n) is 9.49. The molecule has 0 spiro atoms. The molecule has 4 N–H and O–H groups in total. The van der Waals surface area contributed by atoms with Gasteiger partial charge in [-0.2, -0.15) is 0 Å². The first kappa shape index (κ1) is 25.8. The highest BCUT2D eigenvalue weighted by Crippen LogP contribution is 2.32. The van der Waals surface area contributed by atoms with Gasteiger partial charge >= 0.3 is 0 Å². The molecule has 0 aromatic rings. The highest BCUT2D eigenvalue weighted by Gasteiger charge is 2.28. The van der Waals surface area contributed by atoms with E-state index in [4.69, 9.17) is 5.14 Å². The van der Waals surface area contributed by atoms with E-state index in [9.17, 15) is 18.6 Å². The van der Waals surface area contributed by atoms with Gasteiger partial charge in [0.05, 0.1) is 6.10 Å². The number of hydrogen-bond donors (Lipinski definition) is 3. The van der Waals surface area contributed by atoms with Crippen LogP contribution in [0, 0.1) is 10.8 Å². The molecule has 0 saturated carbocycles. The first-order valence-corrected chi connectivity index (χ1v) is 11.8. The van der Waals surface area contributed by atoms with Crippen LogP contribution in [0.2, 0.25) is 0 Å². The summed E-state index contributed by atoms with van der Waals surface area (Å²) >= 11 is 0. The molecule has 2 atom stereocenters. The van der Waals surface area contributed by atoms with E-state index in [-0.39, 0.29) is 23.4 Å². The van der Waals surface area contributed by atoms with Crippen molar-refractivity contribution in [1.82, 2.24) is 0 Å². The van der Waals surface area contributed by atoms with Gasteiger partial charge in [0.2, 0.25) is 10.0 Å². The average Bonchev–Trinajstić information content (AvgIpc) is 2.44. The van der Waals surface area contributed by atoms with Crippen molar-refractivity contribution in [3.63, 3.8) is 0 Å². The van der Waals surface area contributed by atoms with Crippen LogP contribution in [0.4, 0.5) is 0 Å². The zero-order chi connectivity index (χ0) is 20.4. The van der Waals surface area contributed by atoms with Gasteiger partial charge in [-0.3, -0.25) is 0 Å². The van der Waals surface area contributed by atoms with E-state index in [1.165, 1.54) is 25.7 Å². The average molecular weight is 394 g/mol. The maximum atomic E-state index is 11.2. The Kier molecular flexibility index (Phi) is 11.5. The van der Waals surface area contributed by atoms with Crippen molar-refractivity contribution in [1.29, 1.82) is 0 Å². The van der Waals surface area contributed by atoms with Gasteiger partial charge in [-0.1, -0.05) is 73.1 Å². The Morgan fingerprint density at radius 3 is 1.85 bits per heavy atom. The number of aliphatic hydroxyl groups is 2. The Labute approximate surface area is 161 Å². The molecule has 2 unspecified atom stereocenters. The third-order valence-corrected chi connectivity index (χ3v) is 6.17. The third-order valence-electron chi connectivity index (χ3n) is 5.24. The van der Waals surface area contributed by atoms with Crippen LogP contribution in [0.15, 0.2) is 0 Å². The van der Waals surface area contributed by atoms with Gasteiger partial charge in [-0.15, -0.1) is 0 Å². The normalized spacial score (nSPS) is 15.8. The van der Waals surface area contributed by atoms with Gasteiger partial charge < -0.3 is 10.2 Å². The highest BCUT2D eigenvalue weighted by molar-refractivity contribution is 7.89. The molecule has 0 aliphatic heterocycles. The molecule has 0 saturated heterocycles. The molecule has 0 amide bonds. The minimum absolute atomic E-state index is 0.153. The summed E-state index contributed by atoms with van der Waals surface area (Å²) < 4.78 is 22.3. The Morgan fingerprint density at radius 2 is 1.35 bits per heavy atom. The summed E-state index contributed by atoms with van der Waals surface area (Å²) in [5, 5.41) is 24.9. The SMILES string of the molecule is CCCCCC(C)(C)CC(O)CCCCCC(C)(C)CC(O)S(N)(=O)=O. The first-order chi connectivity index (χ1) is 11.8. The summed E-state index contributed by atoms with van der Waals surface area (Å²) in [6.45, 7) is 10.6. The van der Waals surface area contributed by atoms with Crippen molar-refractivity contribution in [3.8, 4) is 0 Å². The zero-order valence-corrected chi connectivity index (χ0v) is 18.4. The van der Waals surface area contributed by atoms with Crippen LogP contribution in [0.3, 0.4) is 0 Å². The molecule has 26 heavy (non-hydrogen) atoms. The predicted octanol–water partition coefficient (Wildman–Crippen LogP) is 4.32. The summed E-state index contributed by atoms with van der Waals surface area (Å²) in [5.74, 6) is 0. The zero-order valence-electron chi connectivity index (χ0n) is 17.6. The summed E-state index contributed by atoms with van der Waals surface area (Å²) in [6, 6.07) is 0. The number of sulfonamides is 1. The number of unbranched alkanes of at least 4 members (excludes halogenated alkanes) is 4. The fraction of sp³-hybridized carbons (Fsp3) is 1.00. The van der Waals surface area contributed by atoms with E-state index < -0.39 is 15.5 Å². The van der Waals surface area contributed by atoms with Crippen molar-refractivity contribution < 1.29 is 18.6 Å². The molecule has 0 heterocycles. The summed E-state index contributed by atoms with van der Waals surface area (Å²) in [6.07, 6.45) is 10.2. The Hall–Kier alpha value is -0.170. The van der Waals surface area contributed by atoms with Crippen molar-refractivity contribution in [2.24, 2.45) is 16.0 Å². The Balaban J connectivity index is 4.00. The molecule has 0 aromatic carbocycles. The van der Waals surface area contributed by atoms with Crippen LogP contribution >= 0.6 is 0 Å². The smallest absolute Gasteiger partial charge is 0.235 e. The molecule has 0 bridgehead atoms. The van der Waals surface area contributed by atoms with Gasteiger partial charge in [-0.25, -0.2) is 13.6 Å². The monoisotopic (exact) mass is 393 g/mol. The second-order valence-corrected chi connectivity index (χ2v) is 11.2. The van der Waals surface area contributed by atoms with E-state index in [2.05, 4.69) is 20.8 Å². The van der Waals surface area contributed by atoms with Gasteiger partial charge in [0.1, 0.15) is 0 Å². The number of hydrogen-bond acceptors (Lipinski definition) is 4. The Bertz CT molecular complexity index is 474. The quantitative estimate of drug-likeness (QED) is 0.361. The molecule has 5 nitrogen and oxygen atoms in total. The predicted molar refractivity (Wildman–Crippen MR) is 109 cm³/mol. The lowest BCUT2D eigenvalue weighted by Crippen LogP contribution is -2.32. The summed E-state index contributed by atoms with van der Waals surface area (Å²) in [7, 11) is -3.89. The molecular weight excluding hydrogens is 350 g/mol. The standard InChI is InChI=1S/C20H43NO4S/c1-6-7-10-13-19(2,3)15-17(22)12-9-8-11-14-20(4,5)16-18(23)26(21,24)25/h17-18,22-23H,6-16H2,1-5H3,(H2,21,24,25). The molecule has 0 rings (SSSR count). The topological polar surface area (TPSA) is 101 Å². The first-order valence-electron chi connectivity index (χ1n) is 10.2. The number of primary sulfonamides is 1. The van der Waals surface area contributed by atoms with Crippen molar-refractivity contribution in [2.75, 3.05) is 0 Å². The van der Waals surface area contributed by atoms with Crippen LogP contribution in [-0.2, 0) is 10.0 Å². The van der Waals surface area contributed by atoms with Gasteiger partial charge in [0, 0.05) is 0 Å². The van der Waals surface area contributed by atoms with Gasteiger partial charge in [-0.05, 0) is 42.9 Å². The van der Waals surface area contributed by atoms with Gasteiger partial charge in [0.25, 0.3) is 0 Å². The molecule has 0 aromatic heterocycles.